The monoisotopic (exact) mass is 242 g/mol. The molecule has 0 radical (unpaired) electrons. The molecule has 0 unspecified atom stereocenters. The first-order chi connectivity index (χ1) is 8.24. The van der Waals surface area contributed by atoms with Gasteiger partial charge in [-0.15, -0.1) is 0 Å². The molecule has 0 bridgehead atoms. The number of hydrogen-bond donors (Lipinski definition) is 1. The predicted octanol–water partition coefficient (Wildman–Crippen LogP) is 1.26. The van der Waals surface area contributed by atoms with E-state index in [4.69, 9.17) is 4.74 Å². The van der Waals surface area contributed by atoms with E-state index in [-0.39, 0.29) is 5.91 Å². The molecular formula is C13H26N2O2. The van der Waals surface area contributed by atoms with Crippen LogP contribution in [0.2, 0.25) is 0 Å². The topological polar surface area (TPSA) is 41.6 Å². The second kappa shape index (κ2) is 8.48. The van der Waals surface area contributed by atoms with Gasteiger partial charge in [0.15, 0.2) is 0 Å². The zero-order chi connectivity index (χ0) is 12.5. The molecule has 1 saturated heterocycles. The lowest BCUT2D eigenvalue weighted by Gasteiger charge is -2.31. The van der Waals surface area contributed by atoms with E-state index in [1.54, 1.807) is 6.92 Å². The minimum Gasteiger partial charge on any atom is -0.380 e. The molecule has 0 aromatic rings. The third-order valence-electron chi connectivity index (χ3n) is 3.26. The Bertz CT molecular complexity index is 213. The summed E-state index contributed by atoms with van der Waals surface area (Å²) >= 11 is 0. The summed E-state index contributed by atoms with van der Waals surface area (Å²) in [4.78, 5) is 13.1. The lowest BCUT2D eigenvalue weighted by molar-refractivity contribution is -0.130. The highest BCUT2D eigenvalue weighted by atomic mass is 16.5. The van der Waals surface area contributed by atoms with E-state index >= 15 is 0 Å². The Morgan fingerprint density at radius 2 is 2.06 bits per heavy atom. The van der Waals surface area contributed by atoms with Crippen molar-refractivity contribution in [3.63, 3.8) is 0 Å². The Hall–Kier alpha value is -0.610. The van der Waals surface area contributed by atoms with Gasteiger partial charge in [-0.05, 0) is 31.7 Å². The van der Waals surface area contributed by atoms with Crippen molar-refractivity contribution in [3.05, 3.63) is 0 Å². The normalized spacial score (nSPS) is 17.4. The van der Waals surface area contributed by atoms with Crippen molar-refractivity contribution in [2.45, 2.75) is 33.1 Å². The molecule has 0 saturated carbocycles. The zero-order valence-electron chi connectivity index (χ0n) is 11.2. The molecule has 1 rings (SSSR count). The highest BCUT2D eigenvalue weighted by molar-refractivity contribution is 5.73. The number of hydrogen-bond acceptors (Lipinski definition) is 3. The van der Waals surface area contributed by atoms with Gasteiger partial charge in [0.1, 0.15) is 0 Å². The first kappa shape index (κ1) is 14.5. The van der Waals surface area contributed by atoms with Crippen LogP contribution < -0.4 is 5.32 Å². The molecule has 0 spiro atoms. The van der Waals surface area contributed by atoms with E-state index in [9.17, 15) is 4.79 Å². The largest absolute Gasteiger partial charge is 0.380 e. The van der Waals surface area contributed by atoms with Crippen LogP contribution in [0.3, 0.4) is 0 Å². The first-order valence-corrected chi connectivity index (χ1v) is 6.78. The Kier molecular flexibility index (Phi) is 7.21. The van der Waals surface area contributed by atoms with E-state index in [1.807, 2.05) is 4.90 Å². The Morgan fingerprint density at radius 1 is 1.35 bits per heavy atom. The van der Waals surface area contributed by atoms with E-state index in [2.05, 4.69) is 12.2 Å². The van der Waals surface area contributed by atoms with Crippen molar-refractivity contribution >= 4 is 5.91 Å². The number of rotatable bonds is 7. The van der Waals surface area contributed by atoms with Crippen LogP contribution in [-0.2, 0) is 9.53 Å². The highest BCUT2D eigenvalue weighted by Crippen LogP contribution is 2.17. The van der Waals surface area contributed by atoms with Crippen LogP contribution in [0.4, 0.5) is 0 Å². The molecule has 1 aliphatic rings. The van der Waals surface area contributed by atoms with Gasteiger partial charge in [0.05, 0.1) is 6.61 Å². The van der Waals surface area contributed by atoms with Crippen LogP contribution in [0.1, 0.15) is 33.1 Å². The number of nitrogens with one attached hydrogen (secondary N) is 1. The minimum atomic E-state index is 0.202. The average Bonchev–Trinajstić information content (AvgIpc) is 2.34. The fourth-order valence-corrected chi connectivity index (χ4v) is 2.11. The van der Waals surface area contributed by atoms with E-state index in [1.165, 1.54) is 6.42 Å². The summed E-state index contributed by atoms with van der Waals surface area (Å²) in [6.45, 7) is 9.27. The molecule has 1 N–H and O–H groups in total. The molecular weight excluding hydrogens is 216 g/mol. The fraction of sp³-hybridized carbons (Fsp3) is 0.923. The number of piperidine rings is 1. The molecule has 1 heterocycles. The number of nitrogens with zero attached hydrogens (tertiary/aromatic N) is 1. The van der Waals surface area contributed by atoms with Crippen LogP contribution in [0.25, 0.3) is 0 Å². The van der Waals surface area contributed by atoms with E-state index in [0.717, 1.165) is 52.2 Å². The molecule has 0 aliphatic carbocycles. The molecule has 17 heavy (non-hydrogen) atoms. The van der Waals surface area contributed by atoms with E-state index in [0.29, 0.717) is 5.92 Å². The van der Waals surface area contributed by atoms with Crippen LogP contribution in [0, 0.1) is 5.92 Å². The predicted molar refractivity (Wildman–Crippen MR) is 69.0 cm³/mol. The van der Waals surface area contributed by atoms with Gasteiger partial charge in [0.25, 0.3) is 0 Å². The summed E-state index contributed by atoms with van der Waals surface area (Å²) < 4.78 is 5.65. The zero-order valence-corrected chi connectivity index (χ0v) is 11.2. The summed E-state index contributed by atoms with van der Waals surface area (Å²) in [6.07, 6.45) is 3.34. The van der Waals surface area contributed by atoms with Crippen molar-refractivity contribution in [2.24, 2.45) is 5.92 Å². The molecule has 1 fully saturated rings. The summed E-state index contributed by atoms with van der Waals surface area (Å²) in [7, 11) is 0. The van der Waals surface area contributed by atoms with Gasteiger partial charge in [-0.25, -0.2) is 0 Å². The van der Waals surface area contributed by atoms with Gasteiger partial charge in [0.2, 0.25) is 5.91 Å². The third-order valence-corrected chi connectivity index (χ3v) is 3.26. The van der Waals surface area contributed by atoms with Crippen LogP contribution in [0.15, 0.2) is 0 Å². The maximum Gasteiger partial charge on any atom is 0.219 e. The highest BCUT2D eigenvalue weighted by Gasteiger charge is 2.20. The minimum absolute atomic E-state index is 0.202. The molecule has 1 aliphatic heterocycles. The maximum absolute atomic E-state index is 11.2. The van der Waals surface area contributed by atoms with Gasteiger partial charge in [-0.3, -0.25) is 4.79 Å². The van der Waals surface area contributed by atoms with Crippen molar-refractivity contribution in [3.8, 4) is 0 Å². The fourth-order valence-electron chi connectivity index (χ4n) is 2.11. The molecule has 0 aromatic heterocycles. The van der Waals surface area contributed by atoms with Gasteiger partial charge < -0.3 is 15.0 Å². The quantitative estimate of drug-likeness (QED) is 0.683. The smallest absolute Gasteiger partial charge is 0.219 e. The van der Waals surface area contributed by atoms with Gasteiger partial charge >= 0.3 is 0 Å². The standard InChI is InChI=1S/C13H26N2O2/c1-3-6-14-7-10-17-11-13-4-8-15(9-5-13)12(2)16/h13-14H,3-11H2,1-2H3. The average molecular weight is 242 g/mol. The summed E-state index contributed by atoms with van der Waals surface area (Å²) in [5.41, 5.74) is 0. The van der Waals surface area contributed by atoms with Crippen molar-refractivity contribution in [1.29, 1.82) is 0 Å². The lowest BCUT2D eigenvalue weighted by Crippen LogP contribution is -2.38. The van der Waals surface area contributed by atoms with Crippen molar-refractivity contribution < 1.29 is 9.53 Å². The number of carbonyl (C=O) groups excluding carboxylic acids is 1. The molecule has 100 valence electrons. The Balaban J connectivity index is 1.97. The number of likely N-dealkylation sites (tertiary alicyclic amines) is 1. The molecule has 1 amide bonds. The van der Waals surface area contributed by atoms with Gasteiger partial charge in [-0.1, -0.05) is 6.92 Å². The van der Waals surface area contributed by atoms with Crippen molar-refractivity contribution in [2.75, 3.05) is 39.4 Å². The van der Waals surface area contributed by atoms with Crippen LogP contribution in [-0.4, -0.2) is 50.2 Å². The summed E-state index contributed by atoms with van der Waals surface area (Å²) in [5.74, 6) is 0.838. The third kappa shape index (κ3) is 6.03. The Morgan fingerprint density at radius 3 is 2.65 bits per heavy atom. The lowest BCUT2D eigenvalue weighted by atomic mass is 9.98. The molecule has 0 atom stereocenters. The van der Waals surface area contributed by atoms with Crippen LogP contribution >= 0.6 is 0 Å². The molecule has 4 nitrogen and oxygen atoms in total. The molecule has 4 heteroatoms. The summed E-state index contributed by atoms with van der Waals surface area (Å²) in [5, 5.41) is 3.32. The number of carbonyl (C=O) groups is 1. The number of amides is 1. The van der Waals surface area contributed by atoms with E-state index < -0.39 is 0 Å². The SMILES string of the molecule is CCCNCCOCC1CCN(C(C)=O)CC1. The second-order valence-electron chi connectivity index (χ2n) is 4.77. The van der Waals surface area contributed by atoms with Crippen LogP contribution in [0.5, 0.6) is 0 Å². The number of ether oxygens (including phenoxy) is 1. The van der Waals surface area contributed by atoms with Gasteiger partial charge in [0, 0.05) is 33.2 Å². The maximum atomic E-state index is 11.2. The molecule has 0 aromatic carbocycles. The van der Waals surface area contributed by atoms with Gasteiger partial charge in [-0.2, -0.15) is 0 Å². The first-order valence-electron chi connectivity index (χ1n) is 6.78. The van der Waals surface area contributed by atoms with Crippen molar-refractivity contribution in [1.82, 2.24) is 10.2 Å². The Labute approximate surface area is 105 Å². The second-order valence-corrected chi connectivity index (χ2v) is 4.77. The summed E-state index contributed by atoms with van der Waals surface area (Å²) in [6, 6.07) is 0.